The quantitative estimate of drug-likeness (QED) is 0.396. The van der Waals surface area contributed by atoms with Gasteiger partial charge in [-0.25, -0.2) is 0 Å². The van der Waals surface area contributed by atoms with Gasteiger partial charge in [0.1, 0.15) is 11.6 Å². The molecule has 0 aromatic heterocycles. The Morgan fingerprint density at radius 2 is 2.07 bits per heavy atom. The van der Waals surface area contributed by atoms with Crippen molar-refractivity contribution >= 4 is 11.8 Å². The van der Waals surface area contributed by atoms with Crippen molar-refractivity contribution in [3.05, 3.63) is 0 Å². The van der Waals surface area contributed by atoms with Crippen molar-refractivity contribution in [2.75, 3.05) is 0 Å². The number of hydrogen-bond acceptors (Lipinski definition) is 4. The third-order valence-corrected chi connectivity index (χ3v) is 2.38. The van der Waals surface area contributed by atoms with E-state index in [1.54, 1.807) is 0 Å². The predicted octanol–water partition coefficient (Wildman–Crippen LogP) is -1.93. The van der Waals surface area contributed by atoms with Gasteiger partial charge in [0.15, 0.2) is 0 Å². The zero-order chi connectivity index (χ0) is 11.1. The Morgan fingerprint density at radius 1 is 1.57 bits per heavy atom. The van der Waals surface area contributed by atoms with Gasteiger partial charge in [0.2, 0.25) is 11.8 Å². The molecule has 14 heavy (non-hydrogen) atoms. The molecular weight excluding hydrogens is 188 g/mol. The number of rotatable bonds is 1. The number of nitrogens with one attached hydrogen (secondary N) is 1. The van der Waals surface area contributed by atoms with Gasteiger partial charge < -0.3 is 21.3 Å². The molecule has 1 fully saturated rings. The molecule has 5 N–H and O–H groups in total. The summed E-state index contributed by atoms with van der Waals surface area (Å²) >= 11 is 0. The average molecular weight is 202 g/mol. The van der Waals surface area contributed by atoms with Gasteiger partial charge in [-0.05, 0) is 13.8 Å². The largest absolute Gasteiger partial charge is 0.389 e. The Balaban J connectivity index is 3.09. The van der Waals surface area contributed by atoms with Crippen LogP contribution in [0.4, 0.5) is 0 Å². The number of nitrogens with two attached hydrogens (primary N) is 1. The highest BCUT2D eigenvalue weighted by atomic mass is 16.3. The number of amides is 2. The fourth-order valence-electron chi connectivity index (χ4n) is 2.01. The van der Waals surface area contributed by atoms with Gasteiger partial charge in [0.05, 0.1) is 12.0 Å². The van der Waals surface area contributed by atoms with E-state index in [9.17, 15) is 19.8 Å². The standard InChI is InChI=1S/C8H14N2O4/c1-7(13)3-4(11)10-8(2,14)5(7)6(9)12/h5,13-14H,3H2,1-2H3,(H2,9,12)(H,10,11)/t5-,7+,8+/m1/s1. The topological polar surface area (TPSA) is 113 Å². The lowest BCUT2D eigenvalue weighted by Gasteiger charge is -2.44. The highest BCUT2D eigenvalue weighted by Gasteiger charge is 2.53. The Morgan fingerprint density at radius 3 is 2.43 bits per heavy atom. The van der Waals surface area contributed by atoms with Crippen molar-refractivity contribution in [1.29, 1.82) is 0 Å². The summed E-state index contributed by atoms with van der Waals surface area (Å²) in [4.78, 5) is 22.1. The van der Waals surface area contributed by atoms with Gasteiger partial charge in [0, 0.05) is 0 Å². The summed E-state index contributed by atoms with van der Waals surface area (Å²) in [6, 6.07) is 0. The van der Waals surface area contributed by atoms with Crippen molar-refractivity contribution in [1.82, 2.24) is 5.32 Å². The maximum atomic E-state index is 11.1. The molecule has 0 unspecified atom stereocenters. The normalized spacial score (nSPS) is 43.1. The zero-order valence-corrected chi connectivity index (χ0v) is 8.07. The first-order valence-corrected chi connectivity index (χ1v) is 4.22. The predicted molar refractivity (Wildman–Crippen MR) is 46.7 cm³/mol. The molecule has 0 saturated carbocycles. The molecule has 0 aromatic carbocycles. The van der Waals surface area contributed by atoms with Crippen molar-refractivity contribution in [2.24, 2.45) is 11.7 Å². The van der Waals surface area contributed by atoms with Crippen LogP contribution in [-0.4, -0.2) is 33.4 Å². The monoisotopic (exact) mass is 202 g/mol. The molecule has 0 spiro atoms. The van der Waals surface area contributed by atoms with E-state index in [0.717, 1.165) is 0 Å². The van der Waals surface area contributed by atoms with Crippen LogP contribution in [0.3, 0.4) is 0 Å². The molecule has 1 heterocycles. The van der Waals surface area contributed by atoms with E-state index in [-0.39, 0.29) is 6.42 Å². The second kappa shape index (κ2) is 2.93. The lowest BCUT2D eigenvalue weighted by Crippen LogP contribution is -2.67. The Hall–Kier alpha value is -1.14. The van der Waals surface area contributed by atoms with Gasteiger partial charge >= 0.3 is 0 Å². The van der Waals surface area contributed by atoms with Crippen LogP contribution in [0.1, 0.15) is 20.3 Å². The first-order chi connectivity index (χ1) is 6.17. The van der Waals surface area contributed by atoms with Crippen LogP contribution >= 0.6 is 0 Å². The minimum Gasteiger partial charge on any atom is -0.389 e. The molecular formula is C8H14N2O4. The molecule has 2 amide bonds. The third-order valence-electron chi connectivity index (χ3n) is 2.38. The number of carbonyl (C=O) groups excluding carboxylic acids is 2. The second-order valence-corrected chi connectivity index (χ2v) is 4.07. The molecule has 1 rings (SSSR count). The summed E-state index contributed by atoms with van der Waals surface area (Å²) in [5.74, 6) is -2.58. The summed E-state index contributed by atoms with van der Waals surface area (Å²) in [6.45, 7) is 2.53. The number of hydrogen-bond donors (Lipinski definition) is 4. The average Bonchev–Trinajstić information content (AvgIpc) is 1.75. The highest BCUT2D eigenvalue weighted by Crippen LogP contribution is 2.33. The second-order valence-electron chi connectivity index (χ2n) is 4.07. The van der Waals surface area contributed by atoms with E-state index < -0.39 is 29.1 Å². The van der Waals surface area contributed by atoms with Crippen molar-refractivity contribution in [3.8, 4) is 0 Å². The van der Waals surface area contributed by atoms with Gasteiger partial charge in [-0.15, -0.1) is 0 Å². The van der Waals surface area contributed by atoms with Gasteiger partial charge in [-0.2, -0.15) is 0 Å². The van der Waals surface area contributed by atoms with E-state index in [1.807, 2.05) is 0 Å². The first kappa shape index (κ1) is 10.9. The summed E-state index contributed by atoms with van der Waals surface area (Å²) in [6.07, 6.45) is -0.253. The fourth-order valence-corrected chi connectivity index (χ4v) is 2.01. The van der Waals surface area contributed by atoms with Crippen LogP contribution in [0.25, 0.3) is 0 Å². The number of piperidine rings is 1. The molecule has 0 bridgehead atoms. The van der Waals surface area contributed by atoms with Crippen LogP contribution in [0.2, 0.25) is 0 Å². The molecule has 6 nitrogen and oxygen atoms in total. The van der Waals surface area contributed by atoms with E-state index in [2.05, 4.69) is 5.32 Å². The molecule has 1 aliphatic rings. The summed E-state index contributed by atoms with van der Waals surface area (Å²) in [5, 5.41) is 21.7. The van der Waals surface area contributed by atoms with Gasteiger partial charge in [0.25, 0.3) is 0 Å². The highest BCUT2D eigenvalue weighted by molar-refractivity contribution is 5.86. The summed E-state index contributed by atoms with van der Waals surface area (Å²) < 4.78 is 0. The summed E-state index contributed by atoms with van der Waals surface area (Å²) in [5.41, 5.74) is 1.64. The first-order valence-electron chi connectivity index (χ1n) is 4.22. The molecule has 0 radical (unpaired) electrons. The SMILES string of the molecule is C[C@]1(O)CC(=O)N[C@@](C)(O)[C@@H]1C(N)=O. The Labute approximate surface area is 81.1 Å². The molecule has 0 aliphatic carbocycles. The van der Waals surface area contributed by atoms with Crippen LogP contribution in [0.15, 0.2) is 0 Å². The van der Waals surface area contributed by atoms with Crippen LogP contribution in [0, 0.1) is 5.92 Å². The minimum atomic E-state index is -1.80. The third kappa shape index (κ3) is 1.71. The zero-order valence-electron chi connectivity index (χ0n) is 8.07. The Bertz CT molecular complexity index is 265. The number of carbonyl (C=O) groups is 2. The lowest BCUT2D eigenvalue weighted by molar-refractivity contribution is -0.177. The van der Waals surface area contributed by atoms with E-state index in [0.29, 0.717) is 0 Å². The van der Waals surface area contributed by atoms with Crippen LogP contribution in [-0.2, 0) is 9.59 Å². The van der Waals surface area contributed by atoms with E-state index in [1.165, 1.54) is 13.8 Å². The summed E-state index contributed by atoms with van der Waals surface area (Å²) in [7, 11) is 0. The minimum absolute atomic E-state index is 0.253. The molecule has 80 valence electrons. The number of aliphatic hydroxyl groups is 2. The van der Waals surface area contributed by atoms with Crippen molar-refractivity contribution < 1.29 is 19.8 Å². The molecule has 1 aliphatic heterocycles. The maximum Gasteiger partial charge on any atom is 0.228 e. The number of primary amides is 1. The van der Waals surface area contributed by atoms with E-state index >= 15 is 0 Å². The molecule has 6 heteroatoms. The van der Waals surface area contributed by atoms with Crippen molar-refractivity contribution in [3.63, 3.8) is 0 Å². The molecule has 1 saturated heterocycles. The smallest absolute Gasteiger partial charge is 0.228 e. The van der Waals surface area contributed by atoms with E-state index in [4.69, 9.17) is 5.73 Å². The Kier molecular flexibility index (Phi) is 2.29. The van der Waals surface area contributed by atoms with Crippen molar-refractivity contribution in [2.45, 2.75) is 31.6 Å². The lowest BCUT2D eigenvalue weighted by atomic mass is 9.75. The van der Waals surface area contributed by atoms with Gasteiger partial charge in [-0.3, -0.25) is 9.59 Å². The molecule has 3 atom stereocenters. The van der Waals surface area contributed by atoms with Crippen LogP contribution < -0.4 is 11.1 Å². The van der Waals surface area contributed by atoms with Gasteiger partial charge in [-0.1, -0.05) is 0 Å². The van der Waals surface area contributed by atoms with Crippen LogP contribution in [0.5, 0.6) is 0 Å². The molecule has 0 aromatic rings. The fraction of sp³-hybridized carbons (Fsp3) is 0.750. The maximum absolute atomic E-state index is 11.1.